The molecule has 0 saturated heterocycles. The quantitative estimate of drug-likeness (QED) is 0.407. The molecule has 3 aromatic rings. The topological polar surface area (TPSA) is 54.2 Å². The second-order valence-electron chi connectivity index (χ2n) is 9.63. The SMILES string of the molecule is CC.CC(C)C.CCC.CNC1CC(CNc2ccc(-c3cc(C)cn4ncc(C)c34)cn2)C1. The maximum atomic E-state index is 4.62. The number of aryl methyl sites for hydroxylation is 2. The van der Waals surface area contributed by atoms with Gasteiger partial charge in [0.05, 0.1) is 11.7 Å². The van der Waals surface area contributed by atoms with Gasteiger partial charge in [-0.15, -0.1) is 0 Å². The molecule has 3 aromatic heterocycles. The Morgan fingerprint density at radius 1 is 1.06 bits per heavy atom. The molecule has 4 rings (SSSR count). The van der Waals surface area contributed by atoms with Gasteiger partial charge in [0, 0.05) is 36.1 Å². The van der Waals surface area contributed by atoms with Gasteiger partial charge in [-0.3, -0.25) is 0 Å². The second-order valence-corrected chi connectivity index (χ2v) is 9.63. The molecule has 1 aliphatic rings. The lowest BCUT2D eigenvalue weighted by atomic mass is 9.80. The Balaban J connectivity index is 0.000000562. The van der Waals surface area contributed by atoms with Gasteiger partial charge in [0.2, 0.25) is 0 Å². The number of pyridine rings is 2. The lowest BCUT2D eigenvalue weighted by Crippen LogP contribution is -2.41. The van der Waals surface area contributed by atoms with Crippen molar-refractivity contribution in [3.8, 4) is 11.1 Å². The predicted octanol–water partition coefficient (Wildman–Crippen LogP) is 7.53. The highest BCUT2D eigenvalue weighted by Gasteiger charge is 2.27. The van der Waals surface area contributed by atoms with E-state index in [1.54, 1.807) is 0 Å². The van der Waals surface area contributed by atoms with Gasteiger partial charge < -0.3 is 10.6 Å². The van der Waals surface area contributed by atoms with Crippen LogP contribution in [0.3, 0.4) is 0 Å². The summed E-state index contributed by atoms with van der Waals surface area (Å²) < 4.78 is 1.96. The van der Waals surface area contributed by atoms with Crippen molar-refractivity contribution in [2.24, 2.45) is 11.8 Å². The van der Waals surface area contributed by atoms with Crippen molar-refractivity contribution in [3.05, 3.63) is 47.9 Å². The molecule has 0 atom stereocenters. The van der Waals surface area contributed by atoms with Crippen LogP contribution in [0.5, 0.6) is 0 Å². The van der Waals surface area contributed by atoms with Crippen molar-refractivity contribution in [2.45, 2.75) is 87.6 Å². The summed E-state index contributed by atoms with van der Waals surface area (Å²) in [5, 5.41) is 11.2. The van der Waals surface area contributed by atoms with E-state index in [0.717, 1.165) is 35.3 Å². The number of fused-ring (bicyclic) bond motifs is 1. The van der Waals surface area contributed by atoms with Crippen molar-refractivity contribution in [1.29, 1.82) is 0 Å². The molecule has 0 aliphatic heterocycles. The van der Waals surface area contributed by atoms with Crippen LogP contribution in [0.2, 0.25) is 0 Å². The van der Waals surface area contributed by atoms with Crippen molar-refractivity contribution < 1.29 is 0 Å². The Morgan fingerprint density at radius 3 is 2.21 bits per heavy atom. The van der Waals surface area contributed by atoms with Crippen LogP contribution in [0.1, 0.15) is 78.9 Å². The molecule has 5 heteroatoms. The fourth-order valence-corrected chi connectivity index (χ4v) is 3.67. The van der Waals surface area contributed by atoms with Crippen LogP contribution in [0.4, 0.5) is 5.82 Å². The predicted molar refractivity (Wildman–Crippen MR) is 150 cm³/mol. The fraction of sp³-hybridized carbons (Fsp3) is 0.586. The number of rotatable bonds is 5. The molecule has 0 bridgehead atoms. The molecule has 1 fully saturated rings. The molecule has 0 amide bonds. The first-order chi connectivity index (χ1) is 16.3. The molecule has 0 aromatic carbocycles. The molecule has 1 aliphatic carbocycles. The van der Waals surface area contributed by atoms with Gasteiger partial charge >= 0.3 is 0 Å². The molecule has 5 nitrogen and oxygen atoms in total. The number of hydrogen-bond acceptors (Lipinski definition) is 4. The molecule has 190 valence electrons. The molecular weight excluding hydrogens is 418 g/mol. The first kappa shape index (κ1) is 29.6. The Bertz CT molecular complexity index is 934. The molecule has 34 heavy (non-hydrogen) atoms. The zero-order chi connectivity index (χ0) is 25.7. The summed E-state index contributed by atoms with van der Waals surface area (Å²) >= 11 is 0. The number of anilines is 1. The van der Waals surface area contributed by atoms with Crippen LogP contribution in [-0.4, -0.2) is 34.2 Å². The van der Waals surface area contributed by atoms with E-state index in [2.05, 4.69) is 93.6 Å². The van der Waals surface area contributed by atoms with Crippen molar-refractivity contribution in [1.82, 2.24) is 19.9 Å². The summed E-state index contributed by atoms with van der Waals surface area (Å²) in [7, 11) is 2.04. The second kappa shape index (κ2) is 15.5. The third-order valence-corrected chi connectivity index (χ3v) is 5.22. The minimum Gasteiger partial charge on any atom is -0.370 e. The highest BCUT2D eigenvalue weighted by Crippen LogP contribution is 2.29. The molecule has 1 saturated carbocycles. The van der Waals surface area contributed by atoms with Gasteiger partial charge in [-0.05, 0) is 74.9 Å². The average molecular weight is 468 g/mol. The first-order valence-corrected chi connectivity index (χ1v) is 13.1. The van der Waals surface area contributed by atoms with E-state index < -0.39 is 0 Å². The lowest BCUT2D eigenvalue weighted by Gasteiger charge is -2.35. The Kier molecular flexibility index (Phi) is 13.5. The van der Waals surface area contributed by atoms with Crippen molar-refractivity contribution in [2.75, 3.05) is 18.9 Å². The maximum absolute atomic E-state index is 4.62. The highest BCUT2D eigenvalue weighted by molar-refractivity contribution is 5.82. The number of nitrogens with zero attached hydrogens (tertiary/aromatic N) is 3. The van der Waals surface area contributed by atoms with Gasteiger partial charge in [0.15, 0.2) is 0 Å². The summed E-state index contributed by atoms with van der Waals surface area (Å²) in [4.78, 5) is 4.62. The summed E-state index contributed by atoms with van der Waals surface area (Å²) in [6.45, 7) is 19.9. The molecule has 0 spiro atoms. The monoisotopic (exact) mass is 467 g/mol. The summed E-state index contributed by atoms with van der Waals surface area (Å²) in [5.41, 5.74) is 5.84. The zero-order valence-electron chi connectivity index (χ0n) is 23.4. The van der Waals surface area contributed by atoms with Crippen molar-refractivity contribution in [3.63, 3.8) is 0 Å². The van der Waals surface area contributed by atoms with E-state index in [1.165, 1.54) is 36.0 Å². The number of nitrogens with one attached hydrogen (secondary N) is 2. The minimum atomic E-state index is 0.699. The third kappa shape index (κ3) is 9.09. The van der Waals surface area contributed by atoms with E-state index in [4.69, 9.17) is 0 Å². The van der Waals surface area contributed by atoms with E-state index >= 15 is 0 Å². The Morgan fingerprint density at radius 2 is 1.68 bits per heavy atom. The maximum Gasteiger partial charge on any atom is 0.125 e. The van der Waals surface area contributed by atoms with Crippen molar-refractivity contribution >= 4 is 11.3 Å². The fourth-order valence-electron chi connectivity index (χ4n) is 3.67. The average Bonchev–Trinajstić information content (AvgIpc) is 3.15. The lowest BCUT2D eigenvalue weighted by molar-refractivity contribution is 0.246. The standard InChI is InChI=1S/C20H25N5.C4H10.C3H8.C2H6/c1-13-6-18(20-14(2)9-24-25(20)12-13)16-4-5-19(23-11-16)22-10-15-7-17(8-15)21-3;1-4(2)3;1-3-2;1-2/h4-6,9,11-12,15,17,21H,7-8,10H2,1-3H3,(H,22,23);4H,1-3H3;3H2,1-2H3;1-2H3. The van der Waals surface area contributed by atoms with Crippen LogP contribution in [0, 0.1) is 25.7 Å². The van der Waals surface area contributed by atoms with Gasteiger partial charge in [-0.25, -0.2) is 9.50 Å². The molecule has 2 N–H and O–H groups in total. The summed E-state index contributed by atoms with van der Waals surface area (Å²) in [5.74, 6) is 2.54. The van der Waals surface area contributed by atoms with Gasteiger partial charge in [-0.2, -0.15) is 5.10 Å². The molecule has 0 radical (unpaired) electrons. The van der Waals surface area contributed by atoms with Crippen LogP contribution in [-0.2, 0) is 0 Å². The van der Waals surface area contributed by atoms with E-state index in [-0.39, 0.29) is 0 Å². The van der Waals surface area contributed by atoms with Gasteiger partial charge in [-0.1, -0.05) is 54.9 Å². The molecule has 3 heterocycles. The van der Waals surface area contributed by atoms with E-state index in [9.17, 15) is 0 Å². The Labute approximate surface area is 208 Å². The van der Waals surface area contributed by atoms with Crippen LogP contribution >= 0.6 is 0 Å². The van der Waals surface area contributed by atoms with E-state index in [1.807, 2.05) is 37.8 Å². The zero-order valence-corrected chi connectivity index (χ0v) is 23.4. The minimum absolute atomic E-state index is 0.699. The van der Waals surface area contributed by atoms with E-state index in [0.29, 0.717) is 6.04 Å². The highest BCUT2D eigenvalue weighted by atomic mass is 15.2. The smallest absolute Gasteiger partial charge is 0.125 e. The number of hydrogen-bond donors (Lipinski definition) is 2. The normalized spacial score (nSPS) is 16.3. The molecule has 0 unspecified atom stereocenters. The third-order valence-electron chi connectivity index (χ3n) is 5.22. The summed E-state index contributed by atoms with van der Waals surface area (Å²) in [6.07, 6.45) is 9.69. The van der Waals surface area contributed by atoms with Crippen LogP contribution in [0.15, 0.2) is 36.8 Å². The largest absolute Gasteiger partial charge is 0.370 e. The van der Waals surface area contributed by atoms with Gasteiger partial charge in [0.1, 0.15) is 5.82 Å². The molecular formula is C29H49N5. The van der Waals surface area contributed by atoms with Gasteiger partial charge in [0.25, 0.3) is 0 Å². The van der Waals surface area contributed by atoms with Crippen LogP contribution in [0.25, 0.3) is 16.6 Å². The first-order valence-electron chi connectivity index (χ1n) is 13.1. The Hall–Kier alpha value is -2.40. The number of aromatic nitrogens is 3. The summed E-state index contributed by atoms with van der Waals surface area (Å²) in [6, 6.07) is 7.13. The van der Waals surface area contributed by atoms with Crippen LogP contribution < -0.4 is 10.6 Å².